The van der Waals surface area contributed by atoms with Crippen LogP contribution in [0, 0.1) is 10.1 Å². The van der Waals surface area contributed by atoms with E-state index < -0.39 is 4.92 Å². The van der Waals surface area contributed by atoms with Crippen LogP contribution in [0.4, 0.5) is 11.4 Å². The molecular formula is C13H15N5O3. The summed E-state index contributed by atoms with van der Waals surface area (Å²) >= 11 is 0. The third-order valence-corrected chi connectivity index (χ3v) is 3.73. The van der Waals surface area contributed by atoms with Crippen LogP contribution in [-0.2, 0) is 0 Å². The number of hydrogen-bond donors (Lipinski definition) is 2. The number of aromatic amines is 1. The molecule has 1 aliphatic heterocycles. The molecule has 8 nitrogen and oxygen atoms in total. The van der Waals surface area contributed by atoms with Gasteiger partial charge in [-0.3, -0.25) is 14.9 Å². The van der Waals surface area contributed by atoms with E-state index in [0.717, 1.165) is 12.8 Å². The van der Waals surface area contributed by atoms with Crippen LogP contribution in [0.5, 0.6) is 0 Å². The molecule has 1 unspecified atom stereocenters. The number of nitrogens with zero attached hydrogens (tertiary/aromatic N) is 3. The number of benzene rings is 1. The van der Waals surface area contributed by atoms with E-state index in [9.17, 15) is 14.9 Å². The van der Waals surface area contributed by atoms with Crippen molar-refractivity contribution in [3.63, 3.8) is 0 Å². The highest BCUT2D eigenvalue weighted by Gasteiger charge is 2.25. The molecular weight excluding hydrogens is 274 g/mol. The van der Waals surface area contributed by atoms with Gasteiger partial charge in [-0.2, -0.15) is 0 Å². The molecule has 1 atom stereocenters. The topological polar surface area (TPSA) is 118 Å². The fourth-order valence-electron chi connectivity index (χ4n) is 2.72. The van der Waals surface area contributed by atoms with Crippen LogP contribution in [0.15, 0.2) is 23.3 Å². The number of hydrogen-bond acceptors (Lipinski definition) is 6. The fourth-order valence-corrected chi connectivity index (χ4v) is 2.72. The van der Waals surface area contributed by atoms with E-state index in [0.29, 0.717) is 24.3 Å². The zero-order chi connectivity index (χ0) is 15.0. The fraction of sp³-hybridized carbons (Fsp3) is 0.385. The number of anilines is 1. The second-order valence-electron chi connectivity index (χ2n) is 5.20. The molecule has 0 saturated carbocycles. The standard InChI is InChI=1S/C13H15N5O3/c14-8-2-1-3-17(6-8)11-5-10-9(4-12(11)18(20)21)13(19)16-7-15-10/h4-5,7-8H,1-3,6,14H2,(H,15,16,19). The predicted octanol–water partition coefficient (Wildman–Crippen LogP) is 0.759. The number of nitro groups is 1. The molecule has 0 aliphatic carbocycles. The van der Waals surface area contributed by atoms with Crippen molar-refractivity contribution < 1.29 is 4.92 Å². The van der Waals surface area contributed by atoms with Gasteiger partial charge in [-0.05, 0) is 18.9 Å². The summed E-state index contributed by atoms with van der Waals surface area (Å²) in [6, 6.07) is 2.89. The van der Waals surface area contributed by atoms with Crippen molar-refractivity contribution in [2.24, 2.45) is 5.73 Å². The summed E-state index contributed by atoms with van der Waals surface area (Å²) in [4.78, 5) is 31.0. The molecule has 0 bridgehead atoms. The molecule has 3 N–H and O–H groups in total. The lowest BCUT2D eigenvalue weighted by Gasteiger charge is -2.32. The van der Waals surface area contributed by atoms with E-state index in [-0.39, 0.29) is 22.7 Å². The minimum Gasteiger partial charge on any atom is -0.364 e. The van der Waals surface area contributed by atoms with Crippen molar-refractivity contribution in [2.45, 2.75) is 18.9 Å². The van der Waals surface area contributed by atoms with E-state index >= 15 is 0 Å². The highest BCUT2D eigenvalue weighted by Crippen LogP contribution is 2.32. The molecule has 2 heterocycles. The first-order chi connectivity index (χ1) is 10.1. The lowest BCUT2D eigenvalue weighted by molar-refractivity contribution is -0.384. The third-order valence-electron chi connectivity index (χ3n) is 3.73. The Morgan fingerprint density at radius 1 is 1.48 bits per heavy atom. The van der Waals surface area contributed by atoms with Gasteiger partial charge in [-0.25, -0.2) is 4.98 Å². The maximum Gasteiger partial charge on any atom is 0.293 e. The van der Waals surface area contributed by atoms with Crippen molar-refractivity contribution in [3.05, 3.63) is 38.9 Å². The normalized spacial score (nSPS) is 18.9. The van der Waals surface area contributed by atoms with E-state index in [2.05, 4.69) is 9.97 Å². The molecule has 0 amide bonds. The Morgan fingerprint density at radius 2 is 2.29 bits per heavy atom. The SMILES string of the molecule is NC1CCCN(c2cc3nc[nH]c(=O)c3cc2[N+](=O)[O-])C1. The summed E-state index contributed by atoms with van der Waals surface area (Å²) in [6.45, 7) is 1.28. The van der Waals surface area contributed by atoms with Crippen molar-refractivity contribution in [2.75, 3.05) is 18.0 Å². The summed E-state index contributed by atoms with van der Waals surface area (Å²) in [5.74, 6) is 0. The maximum atomic E-state index is 11.7. The van der Waals surface area contributed by atoms with Gasteiger partial charge < -0.3 is 15.6 Å². The Balaban J connectivity index is 2.18. The summed E-state index contributed by atoms with van der Waals surface area (Å²) < 4.78 is 0. The van der Waals surface area contributed by atoms with E-state index in [1.807, 2.05) is 4.90 Å². The Labute approximate surface area is 119 Å². The Kier molecular flexibility index (Phi) is 3.30. The largest absolute Gasteiger partial charge is 0.364 e. The summed E-state index contributed by atoms with van der Waals surface area (Å²) in [5, 5.41) is 11.5. The molecule has 8 heteroatoms. The Hall–Kier alpha value is -2.48. The number of rotatable bonds is 2. The first kappa shape index (κ1) is 13.5. The van der Waals surface area contributed by atoms with Crippen molar-refractivity contribution >= 4 is 22.3 Å². The van der Waals surface area contributed by atoms with Gasteiger partial charge in [-0.15, -0.1) is 0 Å². The van der Waals surface area contributed by atoms with E-state index in [1.165, 1.54) is 12.4 Å². The van der Waals surface area contributed by atoms with Gasteiger partial charge in [0.05, 0.1) is 22.2 Å². The molecule has 1 aromatic carbocycles. The van der Waals surface area contributed by atoms with Crippen LogP contribution in [-0.4, -0.2) is 34.0 Å². The third kappa shape index (κ3) is 2.45. The van der Waals surface area contributed by atoms with Gasteiger partial charge in [0.2, 0.25) is 0 Å². The molecule has 1 fully saturated rings. The minimum atomic E-state index is -0.471. The second-order valence-corrected chi connectivity index (χ2v) is 5.20. The molecule has 110 valence electrons. The summed E-state index contributed by atoms with van der Waals surface area (Å²) in [6.07, 6.45) is 3.09. The van der Waals surface area contributed by atoms with Crippen molar-refractivity contribution in [3.8, 4) is 0 Å². The molecule has 1 aromatic heterocycles. The lowest BCUT2D eigenvalue weighted by Crippen LogP contribution is -2.43. The van der Waals surface area contributed by atoms with Crippen LogP contribution in [0.2, 0.25) is 0 Å². The minimum absolute atomic E-state index is 0.00110. The Morgan fingerprint density at radius 3 is 3.00 bits per heavy atom. The molecule has 1 saturated heterocycles. The van der Waals surface area contributed by atoms with Gasteiger partial charge in [0, 0.05) is 25.2 Å². The maximum absolute atomic E-state index is 11.7. The molecule has 1 aliphatic rings. The summed E-state index contributed by atoms with van der Waals surface area (Å²) in [5.41, 5.74) is 6.39. The van der Waals surface area contributed by atoms with Crippen molar-refractivity contribution in [1.29, 1.82) is 0 Å². The highest BCUT2D eigenvalue weighted by molar-refractivity contribution is 5.87. The number of nitro benzene ring substituents is 1. The first-order valence-corrected chi connectivity index (χ1v) is 6.72. The van der Waals surface area contributed by atoms with Gasteiger partial charge >= 0.3 is 0 Å². The van der Waals surface area contributed by atoms with Crippen LogP contribution in [0.1, 0.15) is 12.8 Å². The molecule has 0 spiro atoms. The molecule has 3 rings (SSSR count). The molecule has 21 heavy (non-hydrogen) atoms. The monoisotopic (exact) mass is 289 g/mol. The van der Waals surface area contributed by atoms with Gasteiger partial charge in [0.1, 0.15) is 5.69 Å². The van der Waals surface area contributed by atoms with Gasteiger partial charge in [0.15, 0.2) is 0 Å². The average molecular weight is 289 g/mol. The smallest absolute Gasteiger partial charge is 0.293 e. The lowest BCUT2D eigenvalue weighted by atomic mass is 10.0. The number of nitrogens with two attached hydrogens (primary N) is 1. The van der Waals surface area contributed by atoms with Gasteiger partial charge in [0.25, 0.3) is 11.2 Å². The van der Waals surface area contributed by atoms with Gasteiger partial charge in [-0.1, -0.05) is 0 Å². The van der Waals surface area contributed by atoms with Crippen molar-refractivity contribution in [1.82, 2.24) is 9.97 Å². The van der Waals surface area contributed by atoms with Crippen LogP contribution in [0.25, 0.3) is 10.9 Å². The zero-order valence-corrected chi connectivity index (χ0v) is 11.3. The number of piperidine rings is 1. The average Bonchev–Trinajstić information content (AvgIpc) is 2.46. The summed E-state index contributed by atoms with van der Waals surface area (Å²) in [7, 11) is 0. The quantitative estimate of drug-likeness (QED) is 0.622. The number of aromatic nitrogens is 2. The number of nitrogens with one attached hydrogen (secondary N) is 1. The highest BCUT2D eigenvalue weighted by atomic mass is 16.6. The first-order valence-electron chi connectivity index (χ1n) is 6.72. The zero-order valence-electron chi connectivity index (χ0n) is 11.3. The Bertz CT molecular complexity index is 757. The van der Waals surface area contributed by atoms with Crippen LogP contribution >= 0.6 is 0 Å². The molecule has 0 radical (unpaired) electrons. The number of H-pyrrole nitrogens is 1. The second kappa shape index (κ2) is 5.13. The predicted molar refractivity (Wildman–Crippen MR) is 78.4 cm³/mol. The number of fused-ring (bicyclic) bond motifs is 1. The van der Waals surface area contributed by atoms with Crippen LogP contribution < -0.4 is 16.2 Å². The van der Waals surface area contributed by atoms with E-state index in [4.69, 9.17) is 5.73 Å². The van der Waals surface area contributed by atoms with Crippen LogP contribution in [0.3, 0.4) is 0 Å². The van der Waals surface area contributed by atoms with E-state index in [1.54, 1.807) is 6.07 Å². The molecule has 2 aromatic rings.